The van der Waals surface area contributed by atoms with Crippen molar-refractivity contribution in [1.82, 2.24) is 0 Å². The van der Waals surface area contributed by atoms with Crippen molar-refractivity contribution in [1.29, 1.82) is 0 Å². The summed E-state index contributed by atoms with van der Waals surface area (Å²) in [6, 6.07) is 0. The van der Waals surface area contributed by atoms with Crippen molar-refractivity contribution in [2.75, 3.05) is 0 Å². The Morgan fingerprint density at radius 1 is 1.14 bits per heavy atom. The molecule has 0 bridgehead atoms. The predicted molar refractivity (Wildman–Crippen MR) is 7.61 cm³/mol. The van der Waals surface area contributed by atoms with E-state index in [0.717, 1.165) is 0 Å². The molecule has 0 radical (unpaired) electrons. The SMILES string of the molecule is O=P([O-])([O-])[O-].[Fe+2].[La+3]. The molecule has 0 fully saturated rings. The summed E-state index contributed by atoms with van der Waals surface area (Å²) in [5.74, 6) is 0. The van der Waals surface area contributed by atoms with Crippen LogP contribution in [0.1, 0.15) is 0 Å². The minimum atomic E-state index is -5.39. The molecule has 0 spiro atoms. The van der Waals surface area contributed by atoms with E-state index in [9.17, 15) is 0 Å². The molecule has 0 aliphatic heterocycles. The second kappa shape index (κ2) is 5.95. The van der Waals surface area contributed by atoms with Gasteiger partial charge in [-0.1, -0.05) is 0 Å². The van der Waals surface area contributed by atoms with Gasteiger partial charge in [-0.05, 0) is 0 Å². The molecule has 0 rings (SSSR count). The van der Waals surface area contributed by atoms with E-state index in [1.54, 1.807) is 0 Å². The second-order valence-electron chi connectivity index (χ2n) is 0.447. The van der Waals surface area contributed by atoms with Crippen LogP contribution in [0, 0.1) is 35.6 Å². The maximum absolute atomic E-state index is 8.55. The molecule has 7 heavy (non-hydrogen) atoms. The van der Waals surface area contributed by atoms with E-state index in [-0.39, 0.29) is 52.7 Å². The molecule has 0 N–H and O–H groups in total. The predicted octanol–water partition coefficient (Wildman–Crippen LogP) is -2.83. The zero-order chi connectivity index (χ0) is 4.50. The van der Waals surface area contributed by atoms with Gasteiger partial charge in [0.2, 0.25) is 0 Å². The van der Waals surface area contributed by atoms with Crippen LogP contribution in [0.15, 0.2) is 0 Å². The van der Waals surface area contributed by atoms with Crippen LogP contribution >= 0.6 is 7.82 Å². The van der Waals surface area contributed by atoms with E-state index in [0.29, 0.717) is 0 Å². The Balaban J connectivity index is -0.0000000800. The average Bonchev–Trinajstić information content (AvgIpc) is 0.722. The van der Waals surface area contributed by atoms with Crippen LogP contribution in [-0.4, -0.2) is 0 Å². The summed E-state index contributed by atoms with van der Waals surface area (Å²) in [4.78, 5) is 25.6. The van der Waals surface area contributed by atoms with E-state index < -0.39 is 7.82 Å². The number of rotatable bonds is 0. The maximum Gasteiger partial charge on any atom is 3.00 e. The molecule has 0 aromatic heterocycles. The Bertz CT molecular complexity index is 57.8. The fourth-order valence-corrected chi connectivity index (χ4v) is 0. The van der Waals surface area contributed by atoms with E-state index >= 15 is 0 Å². The number of hydrogen-bond acceptors (Lipinski definition) is 4. The van der Waals surface area contributed by atoms with Crippen molar-refractivity contribution in [2.24, 2.45) is 0 Å². The first-order valence-electron chi connectivity index (χ1n) is 0.730. The van der Waals surface area contributed by atoms with Gasteiger partial charge in [0, 0.05) is 0 Å². The zero-order valence-electron chi connectivity index (χ0n) is 3.01. The van der Waals surface area contributed by atoms with E-state index in [2.05, 4.69) is 0 Å². The monoisotopic (exact) mass is 290 g/mol. The van der Waals surface area contributed by atoms with Crippen LogP contribution in [0.5, 0.6) is 0 Å². The molecule has 0 aromatic rings. The normalized spacial score (nSPS) is 8.43. The molecule has 0 amide bonds. The second-order valence-corrected chi connectivity index (χ2v) is 1.34. The van der Waals surface area contributed by atoms with Gasteiger partial charge >= 0.3 is 52.7 Å². The standard InChI is InChI=1S/Fe.La.H3O4P/c;;1-5(2,3)4/h;;(H3,1,2,3,4)/q+2;+3;/p-3. The Hall–Kier alpha value is 1.82. The zero-order valence-corrected chi connectivity index (χ0v) is 8.64. The van der Waals surface area contributed by atoms with Gasteiger partial charge in [-0.25, -0.2) is 0 Å². The van der Waals surface area contributed by atoms with Crippen molar-refractivity contribution in [3.05, 3.63) is 0 Å². The van der Waals surface area contributed by atoms with Gasteiger partial charge in [0.25, 0.3) is 0 Å². The van der Waals surface area contributed by atoms with Gasteiger partial charge in [0.05, 0.1) is 0 Å². The van der Waals surface area contributed by atoms with Gasteiger partial charge in [-0.3, -0.25) is 0 Å². The number of hydrogen-bond donors (Lipinski definition) is 0. The quantitative estimate of drug-likeness (QED) is 0.355. The fraction of sp³-hybridized carbons (Fsp3) is 0. The van der Waals surface area contributed by atoms with Crippen molar-refractivity contribution in [2.45, 2.75) is 0 Å². The molecule has 0 unspecified atom stereocenters. The molecule has 0 saturated heterocycles. The van der Waals surface area contributed by atoms with E-state index in [1.807, 2.05) is 0 Å². The largest absolute Gasteiger partial charge is 3.00 e. The van der Waals surface area contributed by atoms with Gasteiger partial charge in [0.1, 0.15) is 0 Å². The molecule has 0 aliphatic rings. The maximum atomic E-state index is 8.55. The topological polar surface area (TPSA) is 86.2 Å². The smallest absolute Gasteiger partial charge is 0.822 e. The van der Waals surface area contributed by atoms with E-state index in [4.69, 9.17) is 19.2 Å². The Labute approximate surface area is 79.0 Å². The van der Waals surface area contributed by atoms with Crippen LogP contribution in [-0.2, 0) is 21.6 Å². The molecular weight excluding hydrogens is 290 g/mol. The summed E-state index contributed by atoms with van der Waals surface area (Å²) in [5.41, 5.74) is 0. The third-order valence-electron chi connectivity index (χ3n) is 0. The fourth-order valence-electron chi connectivity index (χ4n) is 0. The molecule has 0 saturated carbocycles. The van der Waals surface area contributed by atoms with Crippen molar-refractivity contribution in [3.63, 3.8) is 0 Å². The Morgan fingerprint density at radius 3 is 1.14 bits per heavy atom. The first kappa shape index (κ1) is 15.9. The molecule has 0 atom stereocenters. The molecule has 0 aromatic carbocycles. The first-order valence-corrected chi connectivity index (χ1v) is 2.19. The minimum Gasteiger partial charge on any atom is -0.822 e. The van der Waals surface area contributed by atoms with Crippen molar-refractivity contribution >= 4 is 7.82 Å². The number of phosphoric acid groups is 1. The van der Waals surface area contributed by atoms with Crippen molar-refractivity contribution in [3.8, 4) is 0 Å². The van der Waals surface area contributed by atoms with Crippen LogP contribution in [0.25, 0.3) is 0 Å². The summed E-state index contributed by atoms with van der Waals surface area (Å²) >= 11 is 0. The summed E-state index contributed by atoms with van der Waals surface area (Å²) in [6.45, 7) is 0. The molecule has 38 valence electrons. The summed E-state index contributed by atoms with van der Waals surface area (Å²) < 4.78 is 8.55. The summed E-state index contributed by atoms with van der Waals surface area (Å²) in [7, 11) is -5.39. The van der Waals surface area contributed by atoms with Crippen molar-refractivity contribution < 1.29 is 71.9 Å². The Kier molecular flexibility index (Phi) is 13.5. The van der Waals surface area contributed by atoms with Gasteiger partial charge in [0.15, 0.2) is 0 Å². The third-order valence-corrected chi connectivity index (χ3v) is 0. The molecule has 0 heterocycles. The average molecular weight is 290 g/mol. The third kappa shape index (κ3) is 79.8. The summed E-state index contributed by atoms with van der Waals surface area (Å²) in [5, 5.41) is 0. The van der Waals surface area contributed by atoms with Gasteiger partial charge in [-0.2, -0.15) is 7.82 Å². The van der Waals surface area contributed by atoms with Crippen LogP contribution in [0.2, 0.25) is 0 Å². The first-order chi connectivity index (χ1) is 2.00. The van der Waals surface area contributed by atoms with Gasteiger partial charge in [-0.15, -0.1) is 0 Å². The molecule has 0 aliphatic carbocycles. The molecule has 4 nitrogen and oxygen atoms in total. The van der Waals surface area contributed by atoms with Crippen LogP contribution in [0.3, 0.4) is 0 Å². The molecular formula is FeLaO4P+2. The minimum absolute atomic E-state index is 0. The Morgan fingerprint density at radius 2 is 1.14 bits per heavy atom. The molecule has 7 heteroatoms. The van der Waals surface area contributed by atoms with Gasteiger partial charge < -0.3 is 19.2 Å². The van der Waals surface area contributed by atoms with Crippen LogP contribution < -0.4 is 14.7 Å². The summed E-state index contributed by atoms with van der Waals surface area (Å²) in [6.07, 6.45) is 0. The van der Waals surface area contributed by atoms with Crippen LogP contribution in [0.4, 0.5) is 0 Å². The van der Waals surface area contributed by atoms with E-state index in [1.165, 1.54) is 0 Å².